The van der Waals surface area contributed by atoms with Crippen molar-refractivity contribution in [2.45, 2.75) is 19.3 Å². The summed E-state index contributed by atoms with van der Waals surface area (Å²) in [6, 6.07) is 12.5. The molecule has 3 rings (SSSR count). The van der Waals surface area contributed by atoms with E-state index in [9.17, 15) is 22.8 Å². The second kappa shape index (κ2) is 11.0. The smallest absolute Gasteiger partial charge is 0.497 e. The van der Waals surface area contributed by atoms with Crippen LogP contribution in [0.5, 0.6) is 11.5 Å². The zero-order chi connectivity index (χ0) is 24.7. The molecule has 0 saturated carbocycles. The number of amides is 2. The van der Waals surface area contributed by atoms with E-state index < -0.39 is 18.3 Å². The third kappa shape index (κ3) is 7.16. The molecule has 10 heteroatoms. The van der Waals surface area contributed by atoms with Crippen LogP contribution in [0.4, 0.5) is 18.9 Å². The van der Waals surface area contributed by atoms with Gasteiger partial charge in [-0.15, -0.1) is 13.2 Å². The topological polar surface area (TPSA) is 71.1 Å². The normalized spacial score (nSPS) is 15.2. The van der Waals surface area contributed by atoms with Crippen molar-refractivity contribution in [3.8, 4) is 11.5 Å². The highest BCUT2D eigenvalue weighted by molar-refractivity contribution is 5.96. The van der Waals surface area contributed by atoms with Crippen molar-refractivity contribution in [1.29, 1.82) is 0 Å². The molecule has 0 aliphatic carbocycles. The first-order chi connectivity index (χ1) is 16.1. The van der Waals surface area contributed by atoms with Crippen LogP contribution in [0.25, 0.3) is 0 Å². The molecular formula is C24H26F3N3O4. The van der Waals surface area contributed by atoms with Crippen LogP contribution >= 0.6 is 0 Å². The fraction of sp³-hybridized carbons (Fsp3) is 0.333. The van der Waals surface area contributed by atoms with Crippen molar-refractivity contribution in [2.75, 3.05) is 38.2 Å². The minimum Gasteiger partial charge on any atom is -0.497 e. The first-order valence-corrected chi connectivity index (χ1v) is 10.7. The van der Waals surface area contributed by atoms with Gasteiger partial charge < -0.3 is 24.6 Å². The fourth-order valence-corrected chi connectivity index (χ4v) is 3.53. The minimum absolute atomic E-state index is 0.258. The van der Waals surface area contributed by atoms with Gasteiger partial charge >= 0.3 is 6.36 Å². The average Bonchev–Trinajstić information content (AvgIpc) is 2.82. The van der Waals surface area contributed by atoms with E-state index in [-0.39, 0.29) is 11.7 Å². The fourth-order valence-electron chi connectivity index (χ4n) is 3.53. The van der Waals surface area contributed by atoms with Crippen LogP contribution in [0.15, 0.2) is 60.7 Å². The molecule has 1 aliphatic rings. The number of carbonyl (C=O) groups excluding carboxylic acids is 2. The predicted octanol–water partition coefficient (Wildman–Crippen LogP) is 3.68. The van der Waals surface area contributed by atoms with Crippen LogP contribution in [0.3, 0.4) is 0 Å². The number of hydrogen-bond donors (Lipinski definition) is 1. The summed E-state index contributed by atoms with van der Waals surface area (Å²) < 4.78 is 45.8. The Hall–Kier alpha value is -3.69. The number of hydrogen-bond acceptors (Lipinski definition) is 5. The minimum atomic E-state index is -4.76. The molecule has 2 amide bonds. The van der Waals surface area contributed by atoms with Gasteiger partial charge in [0, 0.05) is 44.0 Å². The molecule has 0 radical (unpaired) electrons. The molecule has 2 aromatic carbocycles. The van der Waals surface area contributed by atoms with Crippen molar-refractivity contribution in [3.05, 3.63) is 66.2 Å². The zero-order valence-electron chi connectivity index (χ0n) is 18.8. The van der Waals surface area contributed by atoms with E-state index in [1.54, 1.807) is 18.9 Å². The first kappa shape index (κ1) is 24.9. The summed E-state index contributed by atoms with van der Waals surface area (Å²) in [4.78, 5) is 28.5. The Kier molecular flexibility index (Phi) is 8.04. The molecule has 0 bridgehead atoms. The van der Waals surface area contributed by atoms with Gasteiger partial charge in [0.15, 0.2) is 0 Å². The van der Waals surface area contributed by atoms with E-state index in [0.717, 1.165) is 17.5 Å². The largest absolute Gasteiger partial charge is 0.573 e. The zero-order valence-corrected chi connectivity index (χ0v) is 18.8. The van der Waals surface area contributed by atoms with Gasteiger partial charge in [0.1, 0.15) is 11.5 Å². The van der Waals surface area contributed by atoms with Gasteiger partial charge in [-0.1, -0.05) is 12.1 Å². The van der Waals surface area contributed by atoms with E-state index in [1.807, 2.05) is 24.3 Å². The molecule has 1 fully saturated rings. The monoisotopic (exact) mass is 477 g/mol. The van der Waals surface area contributed by atoms with Crippen molar-refractivity contribution in [3.63, 3.8) is 0 Å². The third-order valence-electron chi connectivity index (χ3n) is 5.38. The SMILES string of the molecule is COc1ccc(N2CCN(C(=O)C=CC(=O)NC(C)c3ccc(OC(F)(F)F)cc3)CC2)cc1. The van der Waals surface area contributed by atoms with Crippen LogP contribution in [-0.4, -0.2) is 56.4 Å². The Bertz CT molecular complexity index is 1000. The summed E-state index contributed by atoms with van der Waals surface area (Å²) in [6.07, 6.45) is -2.37. The Labute approximate surface area is 195 Å². The van der Waals surface area contributed by atoms with Crippen molar-refractivity contribution in [2.24, 2.45) is 0 Å². The summed E-state index contributed by atoms with van der Waals surface area (Å²) in [5, 5.41) is 2.68. The summed E-state index contributed by atoms with van der Waals surface area (Å²) in [6.45, 7) is 4.08. The molecule has 1 saturated heterocycles. The molecule has 0 aromatic heterocycles. The molecule has 0 spiro atoms. The maximum atomic E-state index is 12.5. The lowest BCUT2D eigenvalue weighted by Gasteiger charge is -2.35. The van der Waals surface area contributed by atoms with Crippen LogP contribution in [0.2, 0.25) is 0 Å². The quantitative estimate of drug-likeness (QED) is 0.617. The highest BCUT2D eigenvalue weighted by Gasteiger charge is 2.31. The second-order valence-corrected chi connectivity index (χ2v) is 7.69. The number of halogens is 3. The maximum Gasteiger partial charge on any atom is 0.573 e. The third-order valence-corrected chi connectivity index (χ3v) is 5.38. The molecule has 1 aliphatic heterocycles. The summed E-state index contributed by atoms with van der Waals surface area (Å²) in [7, 11) is 1.61. The summed E-state index contributed by atoms with van der Waals surface area (Å²) in [5.74, 6) is -0.297. The van der Waals surface area contributed by atoms with Crippen molar-refractivity contribution < 1.29 is 32.2 Å². The lowest BCUT2D eigenvalue weighted by molar-refractivity contribution is -0.274. The van der Waals surface area contributed by atoms with Gasteiger partial charge in [-0.25, -0.2) is 0 Å². The number of methoxy groups -OCH3 is 1. The Morgan fingerprint density at radius 3 is 2.09 bits per heavy atom. The number of benzene rings is 2. The van der Waals surface area contributed by atoms with Gasteiger partial charge in [-0.2, -0.15) is 0 Å². The standard InChI is InChI=1S/C24H26F3N3O4/c1-17(18-3-7-21(8-4-18)34-24(25,26)27)28-22(31)11-12-23(32)30-15-13-29(14-16-30)19-5-9-20(33-2)10-6-19/h3-12,17H,13-16H2,1-2H3,(H,28,31). The highest BCUT2D eigenvalue weighted by atomic mass is 19.4. The van der Waals surface area contributed by atoms with Crippen LogP contribution in [0, 0.1) is 0 Å². The number of nitrogens with zero attached hydrogens (tertiary/aromatic N) is 2. The van der Waals surface area contributed by atoms with Gasteiger partial charge in [-0.3, -0.25) is 9.59 Å². The van der Waals surface area contributed by atoms with Crippen LogP contribution in [0.1, 0.15) is 18.5 Å². The molecule has 1 atom stereocenters. The second-order valence-electron chi connectivity index (χ2n) is 7.69. The first-order valence-electron chi connectivity index (χ1n) is 10.7. The van der Waals surface area contributed by atoms with Crippen molar-refractivity contribution >= 4 is 17.5 Å². The van der Waals surface area contributed by atoms with Gasteiger partial charge in [-0.05, 0) is 48.9 Å². The molecular weight excluding hydrogens is 451 g/mol. The number of piperazine rings is 1. The molecule has 1 unspecified atom stereocenters. The molecule has 1 heterocycles. The maximum absolute atomic E-state index is 12.5. The van der Waals surface area contributed by atoms with E-state index in [4.69, 9.17) is 4.74 Å². The van der Waals surface area contributed by atoms with E-state index in [0.29, 0.717) is 31.7 Å². The number of anilines is 1. The number of rotatable bonds is 7. The van der Waals surface area contributed by atoms with Crippen molar-refractivity contribution in [1.82, 2.24) is 10.2 Å². The lowest BCUT2D eigenvalue weighted by Crippen LogP contribution is -2.48. The Morgan fingerprint density at radius 2 is 1.53 bits per heavy atom. The highest BCUT2D eigenvalue weighted by Crippen LogP contribution is 2.24. The molecule has 2 aromatic rings. The summed E-state index contributed by atoms with van der Waals surface area (Å²) >= 11 is 0. The number of carbonyl (C=O) groups is 2. The van der Waals surface area contributed by atoms with Crippen LogP contribution in [-0.2, 0) is 9.59 Å². The Balaban J connectivity index is 1.45. The number of alkyl halides is 3. The number of ether oxygens (including phenoxy) is 2. The van der Waals surface area contributed by atoms with E-state index >= 15 is 0 Å². The van der Waals surface area contributed by atoms with E-state index in [1.165, 1.54) is 30.3 Å². The predicted molar refractivity (Wildman–Crippen MR) is 121 cm³/mol. The average molecular weight is 477 g/mol. The summed E-state index contributed by atoms with van der Waals surface area (Å²) in [5.41, 5.74) is 1.65. The lowest BCUT2D eigenvalue weighted by atomic mass is 10.1. The molecule has 7 nitrogen and oxygen atoms in total. The van der Waals surface area contributed by atoms with E-state index in [2.05, 4.69) is 15.0 Å². The molecule has 34 heavy (non-hydrogen) atoms. The number of nitrogens with one attached hydrogen (secondary N) is 1. The van der Waals surface area contributed by atoms with Gasteiger partial charge in [0.25, 0.3) is 0 Å². The molecule has 182 valence electrons. The Morgan fingerprint density at radius 1 is 0.941 bits per heavy atom. The van der Waals surface area contributed by atoms with Crippen LogP contribution < -0.4 is 19.7 Å². The van der Waals surface area contributed by atoms with Gasteiger partial charge in [0.05, 0.1) is 13.2 Å². The van der Waals surface area contributed by atoms with Gasteiger partial charge in [0.2, 0.25) is 11.8 Å². The molecule has 1 N–H and O–H groups in total.